The first kappa shape index (κ1) is 29.4. The lowest BCUT2D eigenvalue weighted by molar-refractivity contribution is 0.0216. The Morgan fingerprint density at radius 3 is 2.12 bits per heavy atom. The fourth-order valence-corrected chi connectivity index (χ4v) is 5.00. The molecular weight excluding hydrogens is 541 g/mol. The third-order valence-electron chi connectivity index (χ3n) is 6.16. The second-order valence-corrected chi connectivity index (χ2v) is 12.8. The Bertz CT molecular complexity index is 750. The van der Waals surface area contributed by atoms with Gasteiger partial charge in [-0.2, -0.15) is 0 Å². The highest BCUT2D eigenvalue weighted by molar-refractivity contribution is 14.1. The lowest BCUT2D eigenvalue weighted by Crippen LogP contribution is -2.40. The van der Waals surface area contributed by atoms with Gasteiger partial charge in [0.25, 0.3) is 0 Å². The minimum atomic E-state index is -0.481. The number of rotatable bonds is 13. The first-order valence-corrected chi connectivity index (χ1v) is 14.3. The number of aromatic nitrogens is 2. The number of imidazole rings is 1. The molecule has 0 fully saturated rings. The van der Waals surface area contributed by atoms with Crippen molar-refractivity contribution in [2.75, 3.05) is 13.2 Å². The van der Waals surface area contributed by atoms with Crippen LogP contribution in [0.3, 0.4) is 0 Å². The molecule has 0 unspecified atom stereocenters. The Morgan fingerprint density at radius 2 is 1.53 bits per heavy atom. The molecule has 0 radical (unpaired) electrons. The summed E-state index contributed by atoms with van der Waals surface area (Å²) >= 11 is 2.26. The summed E-state index contributed by atoms with van der Waals surface area (Å²) in [6.45, 7) is 15.2. The summed E-state index contributed by atoms with van der Waals surface area (Å²) in [4.78, 5) is 18.8. The van der Waals surface area contributed by atoms with E-state index in [1.54, 1.807) is 4.90 Å². The van der Waals surface area contributed by atoms with Gasteiger partial charge in [-0.3, -0.25) is 4.57 Å². The summed E-state index contributed by atoms with van der Waals surface area (Å²) in [7, 11) is 0. The van der Waals surface area contributed by atoms with Crippen molar-refractivity contribution in [3.63, 3.8) is 0 Å². The largest absolute Gasteiger partial charge is 0.444 e. The summed E-state index contributed by atoms with van der Waals surface area (Å²) < 4.78 is 14.6. The summed E-state index contributed by atoms with van der Waals surface area (Å²) in [5.41, 5.74) is 2.15. The SMILES string of the molecule is CC(C)(C)CCCCCCCCCCCOCn1c(I)nc2c1CCN(C(=O)OC(C)(C)C)C2. The van der Waals surface area contributed by atoms with Crippen molar-refractivity contribution >= 4 is 28.7 Å². The fraction of sp³-hybridized carbons (Fsp3) is 0.852. The highest BCUT2D eigenvalue weighted by Gasteiger charge is 2.29. The zero-order chi connectivity index (χ0) is 25.2. The van der Waals surface area contributed by atoms with E-state index in [1.165, 1.54) is 63.5 Å². The number of halogens is 1. The number of carbonyl (C=O) groups is 1. The molecule has 0 N–H and O–H groups in total. The standard InChI is InChI=1S/C27H48IN3O3/c1-26(2,3)17-14-12-10-8-7-9-11-13-15-19-33-21-31-23-16-18-30(20-22(23)29-24(31)28)25(32)34-27(4,5)6/h7-21H2,1-6H3. The van der Waals surface area contributed by atoms with Gasteiger partial charge < -0.3 is 14.4 Å². The molecule has 0 saturated carbocycles. The molecule has 0 aromatic carbocycles. The first-order valence-electron chi connectivity index (χ1n) is 13.3. The van der Waals surface area contributed by atoms with E-state index in [9.17, 15) is 4.79 Å². The minimum absolute atomic E-state index is 0.264. The van der Waals surface area contributed by atoms with E-state index >= 15 is 0 Å². The Balaban J connectivity index is 1.56. The van der Waals surface area contributed by atoms with Crippen molar-refractivity contribution in [1.29, 1.82) is 0 Å². The average molecular weight is 590 g/mol. The summed E-state index contributed by atoms with van der Waals surface area (Å²) in [6.07, 6.45) is 13.8. The number of carbonyl (C=O) groups excluding carboxylic acids is 1. The van der Waals surface area contributed by atoms with Crippen LogP contribution in [0.15, 0.2) is 0 Å². The van der Waals surface area contributed by atoms with Crippen LogP contribution in [0.1, 0.15) is 117 Å². The van der Waals surface area contributed by atoms with Crippen molar-refractivity contribution in [3.05, 3.63) is 15.2 Å². The molecule has 0 aliphatic carbocycles. The van der Waals surface area contributed by atoms with E-state index in [-0.39, 0.29) is 6.09 Å². The monoisotopic (exact) mass is 589 g/mol. The van der Waals surface area contributed by atoms with E-state index in [2.05, 4.69) is 52.9 Å². The van der Waals surface area contributed by atoms with Gasteiger partial charge in [0.2, 0.25) is 0 Å². The predicted octanol–water partition coefficient (Wildman–Crippen LogP) is 7.70. The number of nitrogens with zero attached hydrogens (tertiary/aromatic N) is 3. The molecule has 1 amide bonds. The Morgan fingerprint density at radius 1 is 0.941 bits per heavy atom. The zero-order valence-corrected chi connectivity index (χ0v) is 24.7. The van der Waals surface area contributed by atoms with E-state index < -0.39 is 5.60 Å². The molecule has 0 saturated heterocycles. The van der Waals surface area contributed by atoms with Gasteiger partial charge in [-0.05, 0) is 39.0 Å². The van der Waals surface area contributed by atoms with Gasteiger partial charge in [0.1, 0.15) is 12.3 Å². The molecule has 0 spiro atoms. The molecule has 196 valence electrons. The zero-order valence-electron chi connectivity index (χ0n) is 22.6. The normalized spacial score (nSPS) is 14.4. The lowest BCUT2D eigenvalue weighted by Gasteiger charge is -2.30. The molecule has 34 heavy (non-hydrogen) atoms. The third kappa shape index (κ3) is 11.3. The molecule has 1 aromatic heterocycles. The molecular formula is C27H48IN3O3. The quantitative estimate of drug-likeness (QED) is 0.175. The van der Waals surface area contributed by atoms with Crippen LogP contribution in [0.2, 0.25) is 0 Å². The van der Waals surface area contributed by atoms with Crippen molar-refractivity contribution in [2.24, 2.45) is 5.41 Å². The molecule has 1 aromatic rings. The van der Waals surface area contributed by atoms with Crippen LogP contribution in [0, 0.1) is 9.25 Å². The fourth-order valence-electron chi connectivity index (χ4n) is 4.28. The van der Waals surface area contributed by atoms with Gasteiger partial charge >= 0.3 is 6.09 Å². The van der Waals surface area contributed by atoms with Crippen LogP contribution in [0.5, 0.6) is 0 Å². The topological polar surface area (TPSA) is 56.6 Å². The summed E-state index contributed by atoms with van der Waals surface area (Å²) in [5, 5.41) is 0. The van der Waals surface area contributed by atoms with Crippen molar-refractivity contribution in [3.8, 4) is 0 Å². The molecule has 0 bridgehead atoms. The molecule has 0 atom stereocenters. The predicted molar refractivity (Wildman–Crippen MR) is 147 cm³/mol. The Hall–Kier alpha value is -0.830. The first-order chi connectivity index (χ1) is 16.0. The second-order valence-electron chi connectivity index (χ2n) is 11.9. The van der Waals surface area contributed by atoms with Crippen molar-refractivity contribution in [2.45, 2.75) is 131 Å². The van der Waals surface area contributed by atoms with Gasteiger partial charge in [0, 0.05) is 47.9 Å². The summed E-state index contributed by atoms with van der Waals surface area (Å²) in [6, 6.07) is 0. The maximum absolute atomic E-state index is 12.4. The van der Waals surface area contributed by atoms with Gasteiger partial charge in [-0.1, -0.05) is 72.1 Å². The smallest absolute Gasteiger partial charge is 0.410 e. The number of ether oxygens (including phenoxy) is 2. The van der Waals surface area contributed by atoms with Gasteiger partial charge in [-0.15, -0.1) is 0 Å². The third-order valence-corrected chi connectivity index (χ3v) is 6.98. The number of hydrogen-bond acceptors (Lipinski definition) is 4. The minimum Gasteiger partial charge on any atom is -0.444 e. The van der Waals surface area contributed by atoms with E-state index in [0.29, 0.717) is 25.2 Å². The highest BCUT2D eigenvalue weighted by Crippen LogP contribution is 2.24. The average Bonchev–Trinajstić information content (AvgIpc) is 3.03. The molecule has 1 aliphatic heterocycles. The van der Waals surface area contributed by atoms with E-state index in [0.717, 1.165) is 29.0 Å². The molecule has 7 heteroatoms. The van der Waals surface area contributed by atoms with E-state index in [4.69, 9.17) is 9.47 Å². The maximum atomic E-state index is 12.4. The summed E-state index contributed by atoms with van der Waals surface area (Å²) in [5.74, 6) is 0. The van der Waals surface area contributed by atoms with Gasteiger partial charge in [0.05, 0.1) is 12.2 Å². The Kier molecular flexibility index (Phi) is 12.1. The van der Waals surface area contributed by atoms with Crippen molar-refractivity contribution < 1.29 is 14.3 Å². The number of unbranched alkanes of at least 4 members (excludes halogenated alkanes) is 8. The molecule has 1 aliphatic rings. The lowest BCUT2D eigenvalue weighted by atomic mass is 9.89. The van der Waals surface area contributed by atoms with Gasteiger partial charge in [0.15, 0.2) is 3.83 Å². The van der Waals surface area contributed by atoms with Crippen LogP contribution in [0.25, 0.3) is 0 Å². The number of amides is 1. The Labute approximate surface area is 221 Å². The van der Waals surface area contributed by atoms with Crippen LogP contribution < -0.4 is 0 Å². The highest BCUT2D eigenvalue weighted by atomic mass is 127. The number of fused-ring (bicyclic) bond motifs is 1. The van der Waals surface area contributed by atoms with Crippen LogP contribution in [0.4, 0.5) is 4.79 Å². The second kappa shape index (κ2) is 14.0. The molecule has 6 nitrogen and oxygen atoms in total. The van der Waals surface area contributed by atoms with Crippen LogP contribution >= 0.6 is 22.6 Å². The van der Waals surface area contributed by atoms with Gasteiger partial charge in [-0.25, -0.2) is 9.78 Å². The number of hydrogen-bond donors (Lipinski definition) is 0. The molecule has 2 heterocycles. The van der Waals surface area contributed by atoms with Crippen LogP contribution in [-0.2, 0) is 29.2 Å². The van der Waals surface area contributed by atoms with Crippen LogP contribution in [-0.4, -0.2) is 39.3 Å². The van der Waals surface area contributed by atoms with E-state index in [1.807, 2.05) is 20.8 Å². The molecule has 2 rings (SSSR count). The maximum Gasteiger partial charge on any atom is 0.410 e. The van der Waals surface area contributed by atoms with Crippen molar-refractivity contribution in [1.82, 2.24) is 14.5 Å².